The van der Waals surface area contributed by atoms with Crippen LogP contribution in [0.2, 0.25) is 0 Å². The number of fused-ring (bicyclic) bond motifs is 1. The predicted octanol–water partition coefficient (Wildman–Crippen LogP) is 4.78. The van der Waals surface area contributed by atoms with Crippen LogP contribution in [-0.2, 0) is 9.59 Å². The van der Waals surface area contributed by atoms with Gasteiger partial charge >= 0.3 is 5.97 Å². The van der Waals surface area contributed by atoms with Gasteiger partial charge in [0.2, 0.25) is 0 Å². The van der Waals surface area contributed by atoms with Gasteiger partial charge in [-0.25, -0.2) is 4.79 Å². The van der Waals surface area contributed by atoms with E-state index in [0.717, 1.165) is 24.8 Å². The van der Waals surface area contributed by atoms with Crippen molar-refractivity contribution in [1.82, 2.24) is 0 Å². The number of carbonyl (C=O) groups excluding carboxylic acids is 1. The molecular formula is C20H30O3. The summed E-state index contributed by atoms with van der Waals surface area (Å²) in [5, 5.41) is 8.91. The van der Waals surface area contributed by atoms with E-state index in [-0.39, 0.29) is 16.6 Å². The normalized spacial score (nSPS) is 38.0. The summed E-state index contributed by atoms with van der Waals surface area (Å²) >= 11 is 0. The van der Waals surface area contributed by atoms with Gasteiger partial charge in [-0.2, -0.15) is 0 Å². The fourth-order valence-electron chi connectivity index (χ4n) is 4.86. The zero-order chi connectivity index (χ0) is 17.4. The first kappa shape index (κ1) is 18.0. The minimum atomic E-state index is -0.874. The molecule has 2 aliphatic rings. The van der Waals surface area contributed by atoms with Crippen LogP contribution >= 0.6 is 0 Å². The van der Waals surface area contributed by atoms with Gasteiger partial charge in [0.15, 0.2) is 5.78 Å². The molecule has 2 aliphatic carbocycles. The summed E-state index contributed by atoms with van der Waals surface area (Å²) in [4.78, 5) is 23.0. The summed E-state index contributed by atoms with van der Waals surface area (Å²) in [6, 6.07) is 0. The van der Waals surface area contributed by atoms with Crippen molar-refractivity contribution in [2.75, 3.05) is 0 Å². The number of carbonyl (C=O) groups is 2. The lowest BCUT2D eigenvalue weighted by molar-refractivity contribution is -0.131. The third-order valence-corrected chi connectivity index (χ3v) is 6.90. The van der Waals surface area contributed by atoms with Gasteiger partial charge in [-0.3, -0.25) is 4.79 Å². The SMILES string of the molecule is CC(=CC(=O)O)CC[C@]1(C)[C@H](C)CC[C@@]2(C)C(C)=CC(=O)C[C@@H]12. The van der Waals surface area contributed by atoms with Gasteiger partial charge in [-0.15, -0.1) is 0 Å². The summed E-state index contributed by atoms with van der Waals surface area (Å²) in [5.41, 5.74) is 2.33. The molecule has 3 nitrogen and oxygen atoms in total. The molecule has 0 amide bonds. The monoisotopic (exact) mass is 318 g/mol. The molecule has 4 atom stereocenters. The van der Waals surface area contributed by atoms with E-state index in [1.54, 1.807) is 0 Å². The molecule has 0 aromatic heterocycles. The highest BCUT2D eigenvalue weighted by molar-refractivity contribution is 5.92. The number of carboxylic acid groups (broad SMARTS) is 1. The van der Waals surface area contributed by atoms with Crippen LogP contribution in [0.1, 0.15) is 66.7 Å². The van der Waals surface area contributed by atoms with Crippen LogP contribution in [0.5, 0.6) is 0 Å². The molecule has 1 fully saturated rings. The standard InChI is InChI=1S/C20H30O3/c1-13(10-18(22)23)6-8-19(4)14(2)7-9-20(5)15(3)11-16(21)12-17(19)20/h10-11,14,17H,6-9,12H2,1-5H3,(H,22,23)/t14-,17+,19-,20+/m1/s1. The molecule has 128 valence electrons. The van der Waals surface area contributed by atoms with Crippen LogP contribution in [0.3, 0.4) is 0 Å². The largest absolute Gasteiger partial charge is 0.478 e. The Labute approximate surface area is 139 Å². The number of aliphatic carboxylic acids is 1. The number of rotatable bonds is 4. The molecular weight excluding hydrogens is 288 g/mol. The van der Waals surface area contributed by atoms with Crippen LogP contribution in [-0.4, -0.2) is 16.9 Å². The smallest absolute Gasteiger partial charge is 0.328 e. The van der Waals surface area contributed by atoms with Crippen LogP contribution in [0.4, 0.5) is 0 Å². The maximum absolute atomic E-state index is 12.2. The Morgan fingerprint density at radius 2 is 2.09 bits per heavy atom. The predicted molar refractivity (Wildman–Crippen MR) is 92.1 cm³/mol. The van der Waals surface area contributed by atoms with Crippen molar-refractivity contribution >= 4 is 11.8 Å². The number of hydrogen-bond acceptors (Lipinski definition) is 2. The maximum atomic E-state index is 12.2. The second-order valence-electron chi connectivity index (χ2n) is 8.24. The van der Waals surface area contributed by atoms with Crippen molar-refractivity contribution in [3.8, 4) is 0 Å². The highest BCUT2D eigenvalue weighted by Crippen LogP contribution is 2.61. The van der Waals surface area contributed by atoms with E-state index < -0.39 is 5.97 Å². The lowest BCUT2D eigenvalue weighted by atomic mass is 9.47. The average Bonchev–Trinajstić information content (AvgIpc) is 2.44. The minimum Gasteiger partial charge on any atom is -0.478 e. The second-order valence-corrected chi connectivity index (χ2v) is 8.24. The molecule has 1 saturated carbocycles. The van der Waals surface area contributed by atoms with Crippen molar-refractivity contribution in [2.24, 2.45) is 22.7 Å². The first-order valence-corrected chi connectivity index (χ1v) is 8.71. The highest BCUT2D eigenvalue weighted by Gasteiger charge is 2.54. The molecule has 0 spiro atoms. The van der Waals surface area contributed by atoms with Gasteiger partial charge in [0.1, 0.15) is 0 Å². The third-order valence-electron chi connectivity index (χ3n) is 6.90. The van der Waals surface area contributed by atoms with Gasteiger partial charge < -0.3 is 5.11 Å². The van der Waals surface area contributed by atoms with Crippen molar-refractivity contribution < 1.29 is 14.7 Å². The molecule has 23 heavy (non-hydrogen) atoms. The topological polar surface area (TPSA) is 54.4 Å². The number of allylic oxidation sites excluding steroid dienone is 3. The molecule has 0 heterocycles. The minimum absolute atomic E-state index is 0.0752. The number of hydrogen-bond donors (Lipinski definition) is 1. The molecule has 0 radical (unpaired) electrons. The summed E-state index contributed by atoms with van der Waals surface area (Å²) in [6.07, 6.45) is 7.85. The quantitative estimate of drug-likeness (QED) is 0.759. The third kappa shape index (κ3) is 3.29. The first-order valence-electron chi connectivity index (χ1n) is 8.71. The second kappa shape index (κ2) is 6.26. The Morgan fingerprint density at radius 3 is 2.70 bits per heavy atom. The van der Waals surface area contributed by atoms with Crippen molar-refractivity contribution in [1.29, 1.82) is 0 Å². The summed E-state index contributed by atoms with van der Waals surface area (Å²) in [6.45, 7) is 10.9. The summed E-state index contributed by atoms with van der Waals surface area (Å²) in [5.74, 6) is 0.287. The van der Waals surface area contributed by atoms with Gasteiger partial charge in [-0.1, -0.05) is 31.9 Å². The lowest BCUT2D eigenvalue weighted by Gasteiger charge is -2.57. The van der Waals surface area contributed by atoms with E-state index in [1.165, 1.54) is 18.1 Å². The van der Waals surface area contributed by atoms with Gasteiger partial charge in [0.05, 0.1) is 0 Å². The molecule has 0 aromatic carbocycles. The first-order chi connectivity index (χ1) is 10.6. The summed E-state index contributed by atoms with van der Waals surface area (Å²) in [7, 11) is 0. The zero-order valence-corrected chi connectivity index (χ0v) is 15.1. The van der Waals surface area contributed by atoms with Gasteiger partial charge in [0.25, 0.3) is 0 Å². The zero-order valence-electron chi connectivity index (χ0n) is 15.1. The van der Waals surface area contributed by atoms with E-state index in [2.05, 4.69) is 27.7 Å². The number of ketones is 1. The van der Waals surface area contributed by atoms with Crippen LogP contribution < -0.4 is 0 Å². The molecule has 0 aromatic rings. The molecule has 1 N–H and O–H groups in total. The Hall–Kier alpha value is -1.38. The van der Waals surface area contributed by atoms with Crippen LogP contribution in [0.25, 0.3) is 0 Å². The van der Waals surface area contributed by atoms with Crippen LogP contribution in [0.15, 0.2) is 23.3 Å². The Balaban J connectivity index is 2.29. The number of carboxylic acids is 1. The molecule has 3 heteroatoms. The fraction of sp³-hybridized carbons (Fsp3) is 0.700. The summed E-state index contributed by atoms with van der Waals surface area (Å²) < 4.78 is 0. The molecule has 0 bridgehead atoms. The van der Waals surface area contributed by atoms with Gasteiger partial charge in [0, 0.05) is 12.5 Å². The molecule has 0 unspecified atom stereocenters. The van der Waals surface area contributed by atoms with Gasteiger partial charge in [-0.05, 0) is 68.3 Å². The Kier molecular flexibility index (Phi) is 4.89. The van der Waals surface area contributed by atoms with E-state index in [0.29, 0.717) is 18.3 Å². The molecule has 0 saturated heterocycles. The van der Waals surface area contributed by atoms with Crippen molar-refractivity contribution in [3.05, 3.63) is 23.3 Å². The van der Waals surface area contributed by atoms with E-state index >= 15 is 0 Å². The molecule has 0 aliphatic heterocycles. The maximum Gasteiger partial charge on any atom is 0.328 e. The highest BCUT2D eigenvalue weighted by atomic mass is 16.4. The molecule has 2 rings (SSSR count). The van der Waals surface area contributed by atoms with Crippen LogP contribution in [0, 0.1) is 22.7 Å². The Morgan fingerprint density at radius 1 is 1.43 bits per heavy atom. The average molecular weight is 318 g/mol. The fourth-order valence-corrected chi connectivity index (χ4v) is 4.86. The van der Waals surface area contributed by atoms with Crippen molar-refractivity contribution in [3.63, 3.8) is 0 Å². The Bertz CT molecular complexity index is 571. The van der Waals surface area contributed by atoms with Crippen molar-refractivity contribution in [2.45, 2.75) is 66.7 Å². The lowest BCUT2D eigenvalue weighted by Crippen LogP contribution is -2.50. The van der Waals surface area contributed by atoms with E-state index in [9.17, 15) is 9.59 Å². The van der Waals surface area contributed by atoms with E-state index in [1.807, 2.05) is 13.0 Å². The van der Waals surface area contributed by atoms with E-state index in [4.69, 9.17) is 5.11 Å².